The molecule has 21 heavy (non-hydrogen) atoms. The number of hydrogen-bond donors (Lipinski definition) is 3. The molecule has 1 aromatic rings. The molecule has 0 aliphatic rings. The molecule has 0 unspecified atom stereocenters. The molecule has 0 saturated heterocycles. The minimum absolute atomic E-state index is 0.0204. The molecule has 6 nitrogen and oxygen atoms in total. The van der Waals surface area contributed by atoms with Crippen LogP contribution in [0.4, 0.5) is 0 Å². The quantitative estimate of drug-likeness (QED) is 0.597. The van der Waals surface area contributed by atoms with Gasteiger partial charge in [0.1, 0.15) is 0 Å². The fourth-order valence-electron chi connectivity index (χ4n) is 1.93. The fraction of sp³-hybridized carbons (Fsp3) is 0.500. The number of aromatic carboxylic acids is 1. The van der Waals surface area contributed by atoms with Gasteiger partial charge in [-0.2, -0.15) is 0 Å². The Labute approximate surface area is 124 Å². The summed E-state index contributed by atoms with van der Waals surface area (Å²) >= 11 is 0. The monoisotopic (exact) mass is 315 g/mol. The SMILES string of the molecule is CCc1ccc(C(=O)O)cc1S(=O)(=O)NCCCCCO. The van der Waals surface area contributed by atoms with Crippen molar-refractivity contribution >= 4 is 16.0 Å². The number of sulfonamides is 1. The third-order valence-corrected chi connectivity index (χ3v) is 4.65. The van der Waals surface area contributed by atoms with Crippen molar-refractivity contribution in [2.45, 2.75) is 37.5 Å². The molecule has 0 aliphatic heterocycles. The number of carbonyl (C=O) groups is 1. The zero-order valence-electron chi connectivity index (χ0n) is 12.0. The third-order valence-electron chi connectivity index (χ3n) is 3.11. The highest BCUT2D eigenvalue weighted by molar-refractivity contribution is 7.89. The van der Waals surface area contributed by atoms with E-state index in [1.165, 1.54) is 18.2 Å². The van der Waals surface area contributed by atoms with E-state index in [9.17, 15) is 13.2 Å². The zero-order valence-corrected chi connectivity index (χ0v) is 12.8. The highest BCUT2D eigenvalue weighted by atomic mass is 32.2. The van der Waals surface area contributed by atoms with Gasteiger partial charge in [0.25, 0.3) is 0 Å². The molecule has 3 N–H and O–H groups in total. The van der Waals surface area contributed by atoms with E-state index < -0.39 is 16.0 Å². The normalized spacial score (nSPS) is 11.5. The van der Waals surface area contributed by atoms with Gasteiger partial charge >= 0.3 is 5.97 Å². The molecule has 0 amide bonds. The number of nitrogens with one attached hydrogen (secondary N) is 1. The maximum atomic E-state index is 12.3. The number of rotatable bonds is 9. The topological polar surface area (TPSA) is 104 Å². The average molecular weight is 315 g/mol. The first-order valence-electron chi connectivity index (χ1n) is 6.89. The number of benzene rings is 1. The number of aliphatic hydroxyl groups excluding tert-OH is 1. The van der Waals surface area contributed by atoms with Crippen LogP contribution in [-0.4, -0.2) is 37.8 Å². The molecular weight excluding hydrogens is 294 g/mol. The van der Waals surface area contributed by atoms with Crippen molar-refractivity contribution < 1.29 is 23.4 Å². The van der Waals surface area contributed by atoms with Crippen molar-refractivity contribution in [1.29, 1.82) is 0 Å². The van der Waals surface area contributed by atoms with E-state index in [2.05, 4.69) is 4.72 Å². The van der Waals surface area contributed by atoms with E-state index in [0.717, 1.165) is 6.42 Å². The van der Waals surface area contributed by atoms with Crippen LogP contribution in [-0.2, 0) is 16.4 Å². The fourth-order valence-corrected chi connectivity index (χ4v) is 3.34. The Kier molecular flexibility index (Phi) is 6.80. The van der Waals surface area contributed by atoms with Crippen molar-refractivity contribution in [3.63, 3.8) is 0 Å². The van der Waals surface area contributed by atoms with Crippen LogP contribution in [0.3, 0.4) is 0 Å². The Morgan fingerprint density at radius 3 is 2.52 bits per heavy atom. The first-order chi connectivity index (χ1) is 9.92. The first kappa shape index (κ1) is 17.6. The summed E-state index contributed by atoms with van der Waals surface area (Å²) in [6.07, 6.45) is 2.49. The second-order valence-corrected chi connectivity index (χ2v) is 6.40. The van der Waals surface area contributed by atoms with Crippen LogP contribution < -0.4 is 4.72 Å². The number of aliphatic hydroxyl groups is 1. The maximum absolute atomic E-state index is 12.3. The van der Waals surface area contributed by atoms with E-state index in [-0.39, 0.29) is 23.6 Å². The molecular formula is C14H21NO5S. The van der Waals surface area contributed by atoms with Gasteiger partial charge in [-0.05, 0) is 43.4 Å². The molecule has 0 aromatic heterocycles. The summed E-state index contributed by atoms with van der Waals surface area (Å²) in [7, 11) is -3.72. The smallest absolute Gasteiger partial charge is 0.335 e. The Bertz CT molecular complexity index is 583. The Hall–Kier alpha value is -1.44. The molecule has 1 aromatic carbocycles. The minimum Gasteiger partial charge on any atom is -0.478 e. The second kappa shape index (κ2) is 8.11. The van der Waals surface area contributed by atoms with E-state index in [1.54, 1.807) is 0 Å². The molecule has 0 heterocycles. The summed E-state index contributed by atoms with van der Waals surface area (Å²) in [5, 5.41) is 17.6. The zero-order chi connectivity index (χ0) is 15.9. The molecule has 1 rings (SSSR count). The van der Waals surface area contributed by atoms with E-state index in [1.807, 2.05) is 6.92 Å². The largest absolute Gasteiger partial charge is 0.478 e. The van der Waals surface area contributed by atoms with Crippen LogP contribution in [0.25, 0.3) is 0 Å². The van der Waals surface area contributed by atoms with E-state index >= 15 is 0 Å². The first-order valence-corrected chi connectivity index (χ1v) is 8.37. The highest BCUT2D eigenvalue weighted by Gasteiger charge is 2.19. The molecule has 118 valence electrons. The van der Waals surface area contributed by atoms with Crippen molar-refractivity contribution in [3.05, 3.63) is 29.3 Å². The van der Waals surface area contributed by atoms with Gasteiger partial charge in [-0.15, -0.1) is 0 Å². The molecule has 0 aliphatic carbocycles. The predicted molar refractivity (Wildman–Crippen MR) is 78.9 cm³/mol. The standard InChI is InChI=1S/C14H21NO5S/c1-2-11-6-7-12(14(17)18)10-13(11)21(19,20)15-8-4-3-5-9-16/h6-7,10,15-16H,2-5,8-9H2,1H3,(H,17,18). The maximum Gasteiger partial charge on any atom is 0.335 e. The molecule has 0 bridgehead atoms. The van der Waals surface area contributed by atoms with Crippen LogP contribution in [0.5, 0.6) is 0 Å². The van der Waals surface area contributed by atoms with Crippen LogP contribution in [0.1, 0.15) is 42.1 Å². The number of carboxylic acids is 1. The van der Waals surface area contributed by atoms with Crippen molar-refractivity contribution in [1.82, 2.24) is 4.72 Å². The summed E-state index contributed by atoms with van der Waals surface area (Å²) in [6.45, 7) is 2.17. The van der Waals surface area contributed by atoms with Crippen LogP contribution >= 0.6 is 0 Å². The summed E-state index contributed by atoms with van der Waals surface area (Å²) in [6, 6.07) is 4.13. The van der Waals surface area contributed by atoms with Crippen molar-refractivity contribution in [2.24, 2.45) is 0 Å². The number of aryl methyl sites for hydroxylation is 1. The van der Waals surface area contributed by atoms with Crippen LogP contribution in [0.2, 0.25) is 0 Å². The second-order valence-electron chi connectivity index (χ2n) is 4.66. The van der Waals surface area contributed by atoms with E-state index in [4.69, 9.17) is 10.2 Å². The van der Waals surface area contributed by atoms with Crippen molar-refractivity contribution in [2.75, 3.05) is 13.2 Å². The lowest BCUT2D eigenvalue weighted by Gasteiger charge is -2.11. The summed E-state index contributed by atoms with van der Waals surface area (Å²) < 4.78 is 27.0. The molecule has 7 heteroatoms. The Balaban J connectivity index is 2.90. The predicted octanol–water partition coefficient (Wildman–Crippen LogP) is 1.39. The molecule has 0 atom stereocenters. The van der Waals surface area contributed by atoms with Gasteiger partial charge in [0.2, 0.25) is 10.0 Å². The van der Waals surface area contributed by atoms with Gasteiger partial charge in [0.05, 0.1) is 10.5 Å². The summed E-state index contributed by atoms with van der Waals surface area (Å²) in [4.78, 5) is 11.0. The minimum atomic E-state index is -3.72. The van der Waals surface area contributed by atoms with Gasteiger partial charge in [-0.25, -0.2) is 17.9 Å². The lowest BCUT2D eigenvalue weighted by molar-refractivity contribution is 0.0696. The van der Waals surface area contributed by atoms with Gasteiger partial charge in [-0.1, -0.05) is 13.0 Å². The average Bonchev–Trinajstić information content (AvgIpc) is 2.46. The Morgan fingerprint density at radius 1 is 1.24 bits per heavy atom. The number of hydrogen-bond acceptors (Lipinski definition) is 4. The van der Waals surface area contributed by atoms with E-state index in [0.29, 0.717) is 24.8 Å². The summed E-state index contributed by atoms with van der Waals surface area (Å²) in [5.74, 6) is -1.16. The molecule has 0 radical (unpaired) electrons. The molecule has 0 spiro atoms. The van der Waals surface area contributed by atoms with Gasteiger partial charge in [-0.3, -0.25) is 0 Å². The van der Waals surface area contributed by atoms with Crippen LogP contribution in [0, 0.1) is 0 Å². The van der Waals surface area contributed by atoms with Gasteiger partial charge < -0.3 is 10.2 Å². The Morgan fingerprint density at radius 2 is 1.95 bits per heavy atom. The highest BCUT2D eigenvalue weighted by Crippen LogP contribution is 2.18. The lowest BCUT2D eigenvalue weighted by atomic mass is 10.1. The lowest BCUT2D eigenvalue weighted by Crippen LogP contribution is -2.26. The van der Waals surface area contributed by atoms with Crippen molar-refractivity contribution in [3.8, 4) is 0 Å². The summed E-state index contributed by atoms with van der Waals surface area (Å²) in [5.41, 5.74) is 0.538. The van der Waals surface area contributed by atoms with Gasteiger partial charge in [0, 0.05) is 13.2 Å². The number of carboxylic acid groups (broad SMARTS) is 1. The third kappa shape index (κ3) is 5.11. The van der Waals surface area contributed by atoms with Gasteiger partial charge in [0.15, 0.2) is 0 Å². The van der Waals surface area contributed by atoms with Crippen LogP contribution in [0.15, 0.2) is 23.1 Å². The molecule has 0 saturated carbocycles. The number of unbranched alkanes of at least 4 members (excludes halogenated alkanes) is 2. The molecule has 0 fully saturated rings.